The molecule has 0 saturated heterocycles. The Balaban J connectivity index is 1.97. The first-order chi connectivity index (χ1) is 15.1. The number of fused-ring (bicyclic) bond motifs is 1. The van der Waals surface area contributed by atoms with Crippen molar-refractivity contribution in [1.29, 1.82) is 0 Å². The van der Waals surface area contributed by atoms with Gasteiger partial charge < -0.3 is 9.30 Å². The van der Waals surface area contributed by atoms with Crippen molar-refractivity contribution >= 4 is 28.6 Å². The van der Waals surface area contributed by atoms with Gasteiger partial charge in [-0.3, -0.25) is 10.1 Å². The molecule has 0 unspecified atom stereocenters. The van der Waals surface area contributed by atoms with Gasteiger partial charge in [0.25, 0.3) is 5.69 Å². The second-order valence-corrected chi connectivity index (χ2v) is 7.03. The quantitative estimate of drug-likeness (QED) is 0.185. The zero-order valence-corrected chi connectivity index (χ0v) is 16.8. The number of carbonyl (C=O) groups is 1. The van der Waals surface area contributed by atoms with Gasteiger partial charge in [-0.25, -0.2) is 4.79 Å². The maximum atomic E-state index is 11.7. The number of methoxy groups -OCH3 is 1. The van der Waals surface area contributed by atoms with E-state index in [1.54, 1.807) is 12.1 Å². The van der Waals surface area contributed by atoms with Crippen LogP contribution in [0.25, 0.3) is 17.0 Å². The molecule has 6 heteroatoms. The Morgan fingerprint density at radius 3 is 2.16 bits per heavy atom. The van der Waals surface area contributed by atoms with Crippen LogP contribution in [0, 0.1) is 10.1 Å². The molecular weight excluding hydrogens is 392 g/mol. The fourth-order valence-corrected chi connectivity index (χ4v) is 3.74. The van der Waals surface area contributed by atoms with Gasteiger partial charge in [0, 0.05) is 40.9 Å². The van der Waals surface area contributed by atoms with Crippen molar-refractivity contribution in [1.82, 2.24) is 4.57 Å². The Kier molecular flexibility index (Phi) is 5.62. The molecule has 0 spiro atoms. The predicted molar refractivity (Wildman–Crippen MR) is 120 cm³/mol. The largest absolute Gasteiger partial charge is 0.466 e. The third-order valence-corrected chi connectivity index (χ3v) is 5.17. The van der Waals surface area contributed by atoms with E-state index < -0.39 is 10.9 Å². The number of esters is 1. The third kappa shape index (κ3) is 4.09. The van der Waals surface area contributed by atoms with E-state index in [1.807, 2.05) is 42.6 Å². The van der Waals surface area contributed by atoms with Gasteiger partial charge in [0.2, 0.25) is 0 Å². The molecule has 0 saturated carbocycles. The second kappa shape index (κ2) is 8.67. The van der Waals surface area contributed by atoms with Crippen molar-refractivity contribution in [3.8, 4) is 0 Å². The SMILES string of the molecule is COC(=O)/C=C/c1cn(C(c2ccccc2)c2ccccc2)c2ccc([N+](=O)[O-])cc12. The predicted octanol–water partition coefficient (Wildman–Crippen LogP) is 5.37. The van der Waals surface area contributed by atoms with Crippen molar-refractivity contribution in [3.63, 3.8) is 0 Å². The summed E-state index contributed by atoms with van der Waals surface area (Å²) >= 11 is 0. The van der Waals surface area contributed by atoms with Crippen LogP contribution in [0.5, 0.6) is 0 Å². The van der Waals surface area contributed by atoms with Crippen molar-refractivity contribution in [2.45, 2.75) is 6.04 Å². The Hall–Kier alpha value is -4.19. The Morgan fingerprint density at radius 2 is 1.61 bits per heavy atom. The summed E-state index contributed by atoms with van der Waals surface area (Å²) < 4.78 is 6.78. The Labute approximate surface area is 179 Å². The van der Waals surface area contributed by atoms with Crippen LogP contribution >= 0.6 is 0 Å². The van der Waals surface area contributed by atoms with Gasteiger partial charge in [-0.05, 0) is 23.3 Å². The van der Waals surface area contributed by atoms with Gasteiger partial charge in [0.15, 0.2) is 0 Å². The number of aromatic nitrogens is 1. The minimum atomic E-state index is -0.492. The molecule has 0 atom stereocenters. The molecule has 31 heavy (non-hydrogen) atoms. The van der Waals surface area contributed by atoms with Gasteiger partial charge in [-0.2, -0.15) is 0 Å². The summed E-state index contributed by atoms with van der Waals surface area (Å²) in [5, 5.41) is 12.0. The van der Waals surface area contributed by atoms with Crippen LogP contribution in [0.3, 0.4) is 0 Å². The molecule has 0 radical (unpaired) electrons. The number of non-ortho nitro benzene ring substituents is 1. The van der Waals surface area contributed by atoms with E-state index in [1.165, 1.54) is 25.3 Å². The lowest BCUT2D eigenvalue weighted by Gasteiger charge is -2.21. The number of nitrogens with zero attached hydrogens (tertiary/aromatic N) is 2. The van der Waals surface area contributed by atoms with Crippen molar-refractivity contribution in [2.75, 3.05) is 7.11 Å². The minimum Gasteiger partial charge on any atom is -0.466 e. The maximum Gasteiger partial charge on any atom is 0.330 e. The zero-order valence-electron chi connectivity index (χ0n) is 16.8. The van der Waals surface area contributed by atoms with E-state index in [0.29, 0.717) is 10.9 Å². The highest BCUT2D eigenvalue weighted by atomic mass is 16.6. The van der Waals surface area contributed by atoms with E-state index in [9.17, 15) is 14.9 Å². The summed E-state index contributed by atoms with van der Waals surface area (Å²) in [4.78, 5) is 22.6. The second-order valence-electron chi connectivity index (χ2n) is 7.03. The highest BCUT2D eigenvalue weighted by Gasteiger charge is 2.21. The topological polar surface area (TPSA) is 74.4 Å². The highest BCUT2D eigenvalue weighted by molar-refractivity contribution is 5.95. The number of ether oxygens (including phenoxy) is 1. The summed E-state index contributed by atoms with van der Waals surface area (Å²) in [6.45, 7) is 0. The van der Waals surface area contributed by atoms with E-state index >= 15 is 0 Å². The van der Waals surface area contributed by atoms with E-state index in [-0.39, 0.29) is 11.7 Å². The number of hydrogen-bond acceptors (Lipinski definition) is 4. The standard InChI is InChI=1S/C25H20N2O4/c1-31-24(28)15-12-20-17-26(23-14-13-21(27(29)30)16-22(20)23)25(18-8-4-2-5-9-18)19-10-6-3-7-11-19/h2-17,25H,1H3/b15-12+. The smallest absolute Gasteiger partial charge is 0.330 e. The van der Waals surface area contributed by atoms with Gasteiger partial charge in [-0.15, -0.1) is 0 Å². The number of nitro benzene ring substituents is 1. The van der Waals surface area contributed by atoms with Gasteiger partial charge in [-0.1, -0.05) is 60.7 Å². The first kappa shape index (κ1) is 20.1. The van der Waals surface area contributed by atoms with Gasteiger partial charge in [0.05, 0.1) is 18.1 Å². The fourth-order valence-electron chi connectivity index (χ4n) is 3.74. The van der Waals surface area contributed by atoms with Crippen LogP contribution in [0.15, 0.2) is 91.1 Å². The molecule has 0 bridgehead atoms. The molecule has 1 aromatic heterocycles. The molecule has 154 valence electrons. The molecule has 0 fully saturated rings. The molecule has 4 rings (SSSR count). The van der Waals surface area contributed by atoms with Crippen LogP contribution < -0.4 is 0 Å². The van der Waals surface area contributed by atoms with Gasteiger partial charge >= 0.3 is 5.97 Å². The average Bonchev–Trinajstić information content (AvgIpc) is 3.16. The summed E-state index contributed by atoms with van der Waals surface area (Å²) in [7, 11) is 1.31. The van der Waals surface area contributed by atoms with Crippen molar-refractivity contribution < 1.29 is 14.5 Å². The molecular formula is C25H20N2O4. The normalized spacial score (nSPS) is 11.3. The molecule has 0 aliphatic rings. The van der Waals surface area contributed by atoms with Crippen LogP contribution in [0.2, 0.25) is 0 Å². The Bertz CT molecular complexity index is 1220. The van der Waals surface area contributed by atoms with Crippen molar-refractivity contribution in [3.05, 3.63) is 118 Å². The number of hydrogen-bond donors (Lipinski definition) is 0. The third-order valence-electron chi connectivity index (χ3n) is 5.17. The lowest BCUT2D eigenvalue weighted by Crippen LogP contribution is -2.11. The monoisotopic (exact) mass is 412 g/mol. The number of nitro groups is 1. The number of benzene rings is 3. The molecule has 6 nitrogen and oxygen atoms in total. The summed E-state index contributed by atoms with van der Waals surface area (Å²) in [5.74, 6) is -0.492. The molecule has 0 N–H and O–H groups in total. The van der Waals surface area contributed by atoms with Crippen LogP contribution in [0.4, 0.5) is 5.69 Å². The maximum absolute atomic E-state index is 11.7. The zero-order chi connectivity index (χ0) is 21.8. The van der Waals surface area contributed by atoms with Crippen LogP contribution in [-0.4, -0.2) is 22.6 Å². The molecule has 1 heterocycles. The van der Waals surface area contributed by atoms with Crippen LogP contribution in [0.1, 0.15) is 22.7 Å². The number of rotatable bonds is 6. The molecule has 0 aliphatic heterocycles. The lowest BCUT2D eigenvalue weighted by atomic mass is 9.98. The van der Waals surface area contributed by atoms with Crippen molar-refractivity contribution in [2.24, 2.45) is 0 Å². The summed E-state index contributed by atoms with van der Waals surface area (Å²) in [5.41, 5.74) is 3.67. The minimum absolute atomic E-state index is 0.00561. The molecule has 4 aromatic rings. The average molecular weight is 412 g/mol. The van der Waals surface area contributed by atoms with Crippen LogP contribution in [-0.2, 0) is 9.53 Å². The van der Waals surface area contributed by atoms with E-state index in [2.05, 4.69) is 28.8 Å². The molecule has 0 amide bonds. The summed E-state index contributed by atoms with van der Waals surface area (Å²) in [6.07, 6.45) is 4.86. The highest BCUT2D eigenvalue weighted by Crippen LogP contribution is 2.34. The number of carbonyl (C=O) groups excluding carboxylic acids is 1. The summed E-state index contributed by atoms with van der Waals surface area (Å²) in [6, 6.07) is 24.7. The fraction of sp³-hybridized carbons (Fsp3) is 0.0800. The molecule has 3 aromatic carbocycles. The lowest BCUT2D eigenvalue weighted by molar-refractivity contribution is -0.384. The Morgan fingerprint density at radius 1 is 1.00 bits per heavy atom. The van der Waals surface area contributed by atoms with E-state index in [4.69, 9.17) is 4.74 Å². The first-order valence-electron chi connectivity index (χ1n) is 9.73. The molecule has 0 aliphatic carbocycles. The van der Waals surface area contributed by atoms with Gasteiger partial charge in [0.1, 0.15) is 0 Å². The first-order valence-corrected chi connectivity index (χ1v) is 9.73. The van der Waals surface area contributed by atoms with E-state index in [0.717, 1.165) is 16.6 Å².